The molecule has 0 radical (unpaired) electrons. The molecule has 1 aromatic heterocycles. The van der Waals surface area contributed by atoms with E-state index in [2.05, 4.69) is 51.9 Å². The van der Waals surface area contributed by atoms with Gasteiger partial charge < -0.3 is 0 Å². The average Bonchev–Trinajstić information content (AvgIpc) is 3.43. The van der Waals surface area contributed by atoms with Crippen molar-refractivity contribution in [3.63, 3.8) is 0 Å². The van der Waals surface area contributed by atoms with E-state index in [9.17, 15) is 9.59 Å². The maximum absolute atomic E-state index is 12.3. The lowest BCUT2D eigenvalue weighted by Crippen LogP contribution is -2.47. The standard InChI is InChI=1S/C20H26N4O2S/c1-3-15-4-6-16(7-5-15)11-24(17-8-9-17)12-19(26)23-22-18(25)10-20-21-14(2)13-27-20/h4-7,13,17H,3,8-12H2,1-2H3,(H,22,25)(H,23,26). The summed E-state index contributed by atoms with van der Waals surface area (Å²) in [5.41, 5.74) is 8.43. The van der Waals surface area contributed by atoms with Crippen LogP contribution >= 0.6 is 11.3 Å². The molecule has 1 heterocycles. The molecule has 0 saturated heterocycles. The number of carbonyl (C=O) groups is 2. The third kappa shape index (κ3) is 6.15. The molecule has 27 heavy (non-hydrogen) atoms. The largest absolute Gasteiger partial charge is 0.287 e. The maximum atomic E-state index is 12.3. The fourth-order valence-electron chi connectivity index (χ4n) is 2.90. The quantitative estimate of drug-likeness (QED) is 0.683. The van der Waals surface area contributed by atoms with E-state index in [0.717, 1.165) is 36.5 Å². The normalized spacial score (nSPS) is 13.6. The van der Waals surface area contributed by atoms with Crippen LogP contribution in [0.3, 0.4) is 0 Å². The van der Waals surface area contributed by atoms with E-state index in [1.165, 1.54) is 22.5 Å². The summed E-state index contributed by atoms with van der Waals surface area (Å²) < 4.78 is 0. The second kappa shape index (κ2) is 9.10. The van der Waals surface area contributed by atoms with Crippen molar-refractivity contribution in [3.05, 3.63) is 51.5 Å². The van der Waals surface area contributed by atoms with Crippen molar-refractivity contribution in [2.24, 2.45) is 0 Å². The lowest BCUT2D eigenvalue weighted by molar-refractivity contribution is -0.129. The van der Waals surface area contributed by atoms with Gasteiger partial charge in [-0.2, -0.15) is 0 Å². The number of hydrogen-bond donors (Lipinski definition) is 2. The molecule has 1 saturated carbocycles. The average molecular weight is 387 g/mol. The number of thiazole rings is 1. The predicted molar refractivity (Wildman–Crippen MR) is 106 cm³/mol. The molecule has 1 fully saturated rings. The first kappa shape index (κ1) is 19.5. The van der Waals surface area contributed by atoms with E-state index in [1.54, 1.807) is 0 Å². The minimum atomic E-state index is -0.258. The molecule has 0 aliphatic heterocycles. The van der Waals surface area contributed by atoms with E-state index in [4.69, 9.17) is 0 Å². The molecule has 6 nitrogen and oxygen atoms in total. The molecule has 7 heteroatoms. The number of nitrogens with zero attached hydrogens (tertiary/aromatic N) is 2. The van der Waals surface area contributed by atoms with Crippen LogP contribution < -0.4 is 10.9 Å². The Balaban J connectivity index is 1.46. The zero-order valence-corrected chi connectivity index (χ0v) is 16.6. The van der Waals surface area contributed by atoms with Crippen LogP contribution in [0, 0.1) is 6.92 Å². The van der Waals surface area contributed by atoms with Crippen LogP contribution in [-0.4, -0.2) is 34.3 Å². The highest BCUT2D eigenvalue weighted by molar-refractivity contribution is 7.09. The van der Waals surface area contributed by atoms with Gasteiger partial charge in [-0.05, 0) is 37.3 Å². The summed E-state index contributed by atoms with van der Waals surface area (Å²) in [7, 11) is 0. The van der Waals surface area contributed by atoms with Crippen molar-refractivity contribution in [1.29, 1.82) is 0 Å². The van der Waals surface area contributed by atoms with Gasteiger partial charge in [-0.15, -0.1) is 11.3 Å². The van der Waals surface area contributed by atoms with Crippen molar-refractivity contribution in [2.45, 2.75) is 52.1 Å². The van der Waals surface area contributed by atoms with E-state index < -0.39 is 0 Å². The first-order chi connectivity index (χ1) is 13.0. The van der Waals surface area contributed by atoms with Gasteiger partial charge in [0.05, 0.1) is 13.0 Å². The van der Waals surface area contributed by atoms with Gasteiger partial charge in [0, 0.05) is 23.7 Å². The molecule has 1 aliphatic rings. The molecule has 0 bridgehead atoms. The molecule has 2 aromatic rings. The van der Waals surface area contributed by atoms with E-state index >= 15 is 0 Å². The fourth-order valence-corrected chi connectivity index (χ4v) is 3.67. The maximum Gasteiger partial charge on any atom is 0.252 e. The molecule has 3 rings (SSSR count). The first-order valence-corrected chi connectivity index (χ1v) is 10.2. The Morgan fingerprint density at radius 2 is 1.81 bits per heavy atom. The molecular formula is C20H26N4O2S. The smallest absolute Gasteiger partial charge is 0.252 e. The number of hydrazine groups is 1. The minimum Gasteiger partial charge on any atom is -0.287 e. The summed E-state index contributed by atoms with van der Waals surface area (Å²) in [6.07, 6.45) is 3.44. The predicted octanol–water partition coefficient (Wildman–Crippen LogP) is 2.37. The Kier molecular flexibility index (Phi) is 6.58. The molecule has 0 atom stereocenters. The molecule has 0 spiro atoms. The Labute approximate surface area is 164 Å². The lowest BCUT2D eigenvalue weighted by atomic mass is 10.1. The topological polar surface area (TPSA) is 74.3 Å². The van der Waals surface area contributed by atoms with Crippen LogP contribution in [0.1, 0.15) is 41.6 Å². The van der Waals surface area contributed by atoms with Crippen molar-refractivity contribution < 1.29 is 9.59 Å². The second-order valence-electron chi connectivity index (χ2n) is 6.96. The minimum absolute atomic E-state index is 0.175. The van der Waals surface area contributed by atoms with Gasteiger partial charge in [-0.25, -0.2) is 4.98 Å². The Hall–Kier alpha value is -2.25. The number of hydrogen-bond acceptors (Lipinski definition) is 5. The highest BCUT2D eigenvalue weighted by Crippen LogP contribution is 2.28. The van der Waals surface area contributed by atoms with Crippen molar-refractivity contribution >= 4 is 23.2 Å². The fraction of sp³-hybridized carbons (Fsp3) is 0.450. The highest BCUT2D eigenvalue weighted by atomic mass is 32.1. The third-order valence-corrected chi connectivity index (χ3v) is 5.51. The zero-order valence-electron chi connectivity index (χ0n) is 15.8. The summed E-state index contributed by atoms with van der Waals surface area (Å²) in [6.45, 7) is 5.05. The number of nitrogens with one attached hydrogen (secondary N) is 2. The van der Waals surface area contributed by atoms with Crippen LogP contribution in [0.2, 0.25) is 0 Å². The number of carbonyl (C=O) groups excluding carboxylic acids is 2. The van der Waals surface area contributed by atoms with E-state index in [-0.39, 0.29) is 24.8 Å². The molecule has 1 aliphatic carbocycles. The number of rotatable bonds is 8. The highest BCUT2D eigenvalue weighted by Gasteiger charge is 2.30. The van der Waals surface area contributed by atoms with Gasteiger partial charge >= 0.3 is 0 Å². The van der Waals surface area contributed by atoms with Crippen molar-refractivity contribution in [1.82, 2.24) is 20.7 Å². The molecule has 2 N–H and O–H groups in total. The van der Waals surface area contributed by atoms with Gasteiger partial charge in [0.15, 0.2) is 0 Å². The van der Waals surface area contributed by atoms with Gasteiger partial charge in [0.25, 0.3) is 5.91 Å². The number of amides is 2. The Morgan fingerprint density at radius 3 is 2.41 bits per heavy atom. The second-order valence-corrected chi connectivity index (χ2v) is 7.90. The van der Waals surface area contributed by atoms with Crippen LogP contribution in [-0.2, 0) is 29.0 Å². The number of aromatic nitrogens is 1. The lowest BCUT2D eigenvalue weighted by Gasteiger charge is -2.21. The summed E-state index contributed by atoms with van der Waals surface area (Å²) in [6, 6.07) is 8.99. The summed E-state index contributed by atoms with van der Waals surface area (Å²) >= 11 is 1.45. The van der Waals surface area contributed by atoms with Crippen LogP contribution in [0.5, 0.6) is 0 Å². The first-order valence-electron chi connectivity index (χ1n) is 9.34. The van der Waals surface area contributed by atoms with Gasteiger partial charge in [0.2, 0.25) is 5.91 Å². The van der Waals surface area contributed by atoms with Gasteiger partial charge in [-0.1, -0.05) is 31.2 Å². The number of benzene rings is 1. The van der Waals surface area contributed by atoms with Crippen LogP contribution in [0.4, 0.5) is 0 Å². The van der Waals surface area contributed by atoms with Gasteiger partial charge in [0.1, 0.15) is 5.01 Å². The summed E-state index contributed by atoms with van der Waals surface area (Å²) in [5.74, 6) is -0.457. The van der Waals surface area contributed by atoms with E-state index in [1.807, 2.05) is 12.3 Å². The monoisotopic (exact) mass is 386 g/mol. The van der Waals surface area contributed by atoms with Crippen molar-refractivity contribution in [2.75, 3.05) is 6.54 Å². The van der Waals surface area contributed by atoms with Crippen molar-refractivity contribution in [3.8, 4) is 0 Å². The Morgan fingerprint density at radius 1 is 1.15 bits per heavy atom. The van der Waals surface area contributed by atoms with Crippen LogP contribution in [0.15, 0.2) is 29.6 Å². The molecule has 1 aromatic carbocycles. The summed E-state index contributed by atoms with van der Waals surface area (Å²) in [5, 5.41) is 2.65. The zero-order chi connectivity index (χ0) is 19.2. The molecule has 144 valence electrons. The summed E-state index contributed by atoms with van der Waals surface area (Å²) in [4.78, 5) is 30.6. The molecule has 0 unspecified atom stereocenters. The van der Waals surface area contributed by atoms with Crippen LogP contribution in [0.25, 0.3) is 0 Å². The Bertz CT molecular complexity index is 784. The number of aryl methyl sites for hydroxylation is 2. The molecule has 2 amide bonds. The SMILES string of the molecule is CCc1ccc(CN(CC(=O)NNC(=O)Cc2nc(C)cs2)C2CC2)cc1. The van der Waals surface area contributed by atoms with E-state index in [0.29, 0.717) is 6.04 Å². The molecular weight excluding hydrogens is 360 g/mol. The van der Waals surface area contributed by atoms with Gasteiger partial charge in [-0.3, -0.25) is 25.3 Å². The third-order valence-electron chi connectivity index (χ3n) is 4.55.